The molecular weight excluding hydrogens is 298 g/mol. The van der Waals surface area contributed by atoms with Gasteiger partial charge in [-0.2, -0.15) is 4.31 Å². The quantitative estimate of drug-likeness (QED) is 0.721. The highest BCUT2D eigenvalue weighted by Crippen LogP contribution is 2.24. The SMILES string of the molecule is CN1CCN(S(=O)(=O)c2ccc(C(=O)O)cc2N)CC1=O. The maximum Gasteiger partial charge on any atom is 0.335 e. The molecular formula is C12H15N3O5S. The molecule has 0 radical (unpaired) electrons. The van der Waals surface area contributed by atoms with Crippen molar-refractivity contribution in [2.45, 2.75) is 4.90 Å². The molecule has 1 aromatic rings. The van der Waals surface area contributed by atoms with E-state index in [1.807, 2.05) is 0 Å². The van der Waals surface area contributed by atoms with E-state index in [0.717, 1.165) is 16.4 Å². The number of carbonyl (C=O) groups is 2. The Labute approximate surface area is 121 Å². The maximum atomic E-state index is 12.5. The van der Waals surface area contributed by atoms with Crippen LogP contribution in [0.3, 0.4) is 0 Å². The van der Waals surface area contributed by atoms with Gasteiger partial charge in [0.2, 0.25) is 15.9 Å². The number of carboxylic acids is 1. The van der Waals surface area contributed by atoms with Crippen LogP contribution in [0.1, 0.15) is 10.4 Å². The minimum Gasteiger partial charge on any atom is -0.478 e. The lowest BCUT2D eigenvalue weighted by Gasteiger charge is -2.31. The van der Waals surface area contributed by atoms with Crippen molar-refractivity contribution in [2.75, 3.05) is 32.4 Å². The van der Waals surface area contributed by atoms with E-state index in [4.69, 9.17) is 10.8 Å². The highest BCUT2D eigenvalue weighted by atomic mass is 32.2. The molecule has 9 heteroatoms. The monoisotopic (exact) mass is 313 g/mol. The van der Waals surface area contributed by atoms with Crippen molar-refractivity contribution in [1.82, 2.24) is 9.21 Å². The molecule has 0 bridgehead atoms. The number of nitrogens with zero attached hydrogens (tertiary/aromatic N) is 2. The van der Waals surface area contributed by atoms with Crippen molar-refractivity contribution < 1.29 is 23.1 Å². The third-order valence-corrected chi connectivity index (χ3v) is 5.22. The molecule has 1 heterocycles. The number of carbonyl (C=O) groups excluding carboxylic acids is 1. The molecule has 1 aliphatic heterocycles. The molecule has 114 valence electrons. The standard InChI is InChI=1S/C12H15N3O5S/c1-14-4-5-15(7-11(14)16)21(19,20)10-3-2-8(12(17)18)6-9(10)13/h2-3,6H,4-5,7,13H2,1H3,(H,17,18). The molecule has 0 spiro atoms. The van der Waals surface area contributed by atoms with E-state index in [0.29, 0.717) is 6.54 Å². The van der Waals surface area contributed by atoms with Gasteiger partial charge in [0.1, 0.15) is 4.90 Å². The van der Waals surface area contributed by atoms with Crippen molar-refractivity contribution in [3.63, 3.8) is 0 Å². The lowest BCUT2D eigenvalue weighted by Crippen LogP contribution is -2.50. The van der Waals surface area contributed by atoms with Gasteiger partial charge in [-0.05, 0) is 18.2 Å². The summed E-state index contributed by atoms with van der Waals surface area (Å²) in [5, 5.41) is 8.85. The van der Waals surface area contributed by atoms with E-state index in [-0.39, 0.29) is 35.1 Å². The van der Waals surface area contributed by atoms with Crippen molar-refractivity contribution in [1.29, 1.82) is 0 Å². The van der Waals surface area contributed by atoms with Crippen LogP contribution >= 0.6 is 0 Å². The molecule has 1 amide bonds. The zero-order valence-electron chi connectivity index (χ0n) is 11.3. The average Bonchev–Trinajstić information content (AvgIpc) is 2.41. The van der Waals surface area contributed by atoms with Crippen LogP contribution in [0.4, 0.5) is 5.69 Å². The van der Waals surface area contributed by atoms with Gasteiger partial charge in [0, 0.05) is 20.1 Å². The number of hydrogen-bond acceptors (Lipinski definition) is 5. The molecule has 0 saturated carbocycles. The first kappa shape index (κ1) is 15.3. The van der Waals surface area contributed by atoms with Crippen LogP contribution in [0.25, 0.3) is 0 Å². The Bertz CT molecular complexity index is 701. The van der Waals surface area contributed by atoms with E-state index in [1.165, 1.54) is 11.0 Å². The molecule has 1 saturated heterocycles. The van der Waals surface area contributed by atoms with Crippen molar-refractivity contribution in [2.24, 2.45) is 0 Å². The Balaban J connectivity index is 2.36. The van der Waals surface area contributed by atoms with Gasteiger partial charge in [0.25, 0.3) is 0 Å². The van der Waals surface area contributed by atoms with Gasteiger partial charge >= 0.3 is 5.97 Å². The third kappa shape index (κ3) is 2.83. The van der Waals surface area contributed by atoms with Crippen molar-refractivity contribution in [3.8, 4) is 0 Å². The van der Waals surface area contributed by atoms with Gasteiger partial charge in [-0.15, -0.1) is 0 Å². The molecule has 1 fully saturated rings. The number of hydrogen-bond donors (Lipinski definition) is 2. The number of likely N-dealkylation sites (N-methyl/N-ethyl adjacent to an activating group) is 1. The summed E-state index contributed by atoms with van der Waals surface area (Å²) in [5.74, 6) is -1.49. The number of piperazine rings is 1. The van der Waals surface area contributed by atoms with Crippen LogP contribution in [0.15, 0.2) is 23.1 Å². The second-order valence-corrected chi connectivity index (χ2v) is 6.62. The number of nitrogen functional groups attached to an aromatic ring is 1. The number of anilines is 1. The number of rotatable bonds is 3. The van der Waals surface area contributed by atoms with Crippen molar-refractivity contribution >= 4 is 27.6 Å². The first-order valence-electron chi connectivity index (χ1n) is 6.10. The Morgan fingerprint density at radius 1 is 1.33 bits per heavy atom. The van der Waals surface area contributed by atoms with Crippen LogP contribution in [-0.2, 0) is 14.8 Å². The van der Waals surface area contributed by atoms with Gasteiger partial charge in [-0.25, -0.2) is 13.2 Å². The van der Waals surface area contributed by atoms with Gasteiger partial charge in [0.15, 0.2) is 0 Å². The molecule has 3 N–H and O–H groups in total. The first-order valence-corrected chi connectivity index (χ1v) is 7.54. The summed E-state index contributed by atoms with van der Waals surface area (Å²) < 4.78 is 26.0. The van der Waals surface area contributed by atoms with Gasteiger partial charge in [-0.3, -0.25) is 4.79 Å². The number of carboxylic acid groups (broad SMARTS) is 1. The number of aromatic carboxylic acids is 1. The van der Waals surface area contributed by atoms with Crippen LogP contribution in [-0.4, -0.2) is 61.3 Å². The van der Waals surface area contributed by atoms with E-state index < -0.39 is 16.0 Å². The lowest BCUT2D eigenvalue weighted by molar-refractivity contribution is -0.132. The zero-order valence-corrected chi connectivity index (χ0v) is 12.1. The van der Waals surface area contributed by atoms with E-state index in [9.17, 15) is 18.0 Å². The summed E-state index contributed by atoms with van der Waals surface area (Å²) >= 11 is 0. The second kappa shape index (κ2) is 5.34. The fraction of sp³-hybridized carbons (Fsp3) is 0.333. The van der Waals surface area contributed by atoms with Crippen LogP contribution in [0.5, 0.6) is 0 Å². The summed E-state index contributed by atoms with van der Waals surface area (Å²) in [5.41, 5.74) is 5.40. The summed E-state index contributed by atoms with van der Waals surface area (Å²) in [6.07, 6.45) is 0. The highest BCUT2D eigenvalue weighted by molar-refractivity contribution is 7.89. The molecule has 0 aliphatic carbocycles. The Hall–Kier alpha value is -2.13. The van der Waals surface area contributed by atoms with Crippen LogP contribution < -0.4 is 5.73 Å². The van der Waals surface area contributed by atoms with Crippen molar-refractivity contribution in [3.05, 3.63) is 23.8 Å². The molecule has 21 heavy (non-hydrogen) atoms. The summed E-state index contributed by atoms with van der Waals surface area (Å²) in [4.78, 5) is 23.7. The number of benzene rings is 1. The fourth-order valence-electron chi connectivity index (χ4n) is 2.00. The second-order valence-electron chi connectivity index (χ2n) is 4.71. The summed E-state index contributed by atoms with van der Waals surface area (Å²) in [6.45, 7) is 0.217. The first-order chi connectivity index (χ1) is 9.73. The number of sulfonamides is 1. The van der Waals surface area contributed by atoms with E-state index >= 15 is 0 Å². The normalized spacial score (nSPS) is 17.0. The average molecular weight is 313 g/mol. The predicted molar refractivity (Wildman–Crippen MR) is 74.2 cm³/mol. The molecule has 0 atom stereocenters. The molecule has 2 rings (SSSR count). The van der Waals surface area contributed by atoms with Crippen LogP contribution in [0.2, 0.25) is 0 Å². The molecule has 1 aromatic carbocycles. The Kier molecular flexibility index (Phi) is 3.88. The molecule has 8 nitrogen and oxygen atoms in total. The third-order valence-electron chi connectivity index (χ3n) is 3.30. The van der Waals surface area contributed by atoms with Crippen LogP contribution in [0, 0.1) is 0 Å². The summed E-state index contributed by atoms with van der Waals surface area (Å²) in [6, 6.07) is 3.41. The predicted octanol–water partition coefficient (Wildman–Crippen LogP) is -0.570. The largest absolute Gasteiger partial charge is 0.478 e. The highest BCUT2D eigenvalue weighted by Gasteiger charge is 2.32. The molecule has 1 aliphatic rings. The maximum absolute atomic E-state index is 12.5. The summed E-state index contributed by atoms with van der Waals surface area (Å²) in [7, 11) is -2.32. The minimum absolute atomic E-state index is 0.0964. The molecule has 0 unspecified atom stereocenters. The number of nitrogens with two attached hydrogens (primary N) is 1. The van der Waals surface area contributed by atoms with E-state index in [2.05, 4.69) is 0 Å². The number of amides is 1. The smallest absolute Gasteiger partial charge is 0.335 e. The van der Waals surface area contributed by atoms with E-state index in [1.54, 1.807) is 7.05 Å². The minimum atomic E-state index is -3.92. The van der Waals surface area contributed by atoms with Gasteiger partial charge in [0.05, 0.1) is 17.8 Å². The Morgan fingerprint density at radius 3 is 2.52 bits per heavy atom. The van der Waals surface area contributed by atoms with Gasteiger partial charge < -0.3 is 15.7 Å². The molecule has 0 aromatic heterocycles. The zero-order chi connectivity index (χ0) is 15.8. The topological polar surface area (TPSA) is 121 Å². The van der Waals surface area contributed by atoms with Gasteiger partial charge in [-0.1, -0.05) is 0 Å². The fourth-order valence-corrected chi connectivity index (χ4v) is 3.47. The Morgan fingerprint density at radius 2 is 2.00 bits per heavy atom. The lowest BCUT2D eigenvalue weighted by atomic mass is 10.2.